The molecule has 0 unspecified atom stereocenters. The summed E-state index contributed by atoms with van der Waals surface area (Å²) in [5, 5.41) is 16.1. The minimum atomic E-state index is -0.426. The van der Waals surface area contributed by atoms with Gasteiger partial charge in [0.15, 0.2) is 5.82 Å². The third-order valence-corrected chi connectivity index (χ3v) is 4.02. The number of carbonyl (C=O) groups is 2. The van der Waals surface area contributed by atoms with E-state index in [9.17, 15) is 9.59 Å². The number of amides is 3. The van der Waals surface area contributed by atoms with Gasteiger partial charge >= 0.3 is 6.03 Å². The van der Waals surface area contributed by atoms with Gasteiger partial charge in [0.1, 0.15) is 5.75 Å². The maximum atomic E-state index is 12.0. The van der Waals surface area contributed by atoms with E-state index in [2.05, 4.69) is 26.1 Å². The summed E-state index contributed by atoms with van der Waals surface area (Å²) in [6, 6.07) is 19.4. The Bertz CT molecular complexity index is 944. The first-order chi connectivity index (χ1) is 14.2. The van der Waals surface area contributed by atoms with Crippen LogP contribution >= 0.6 is 0 Å². The molecule has 0 saturated heterocycles. The van der Waals surface area contributed by atoms with Crippen molar-refractivity contribution in [3.8, 4) is 17.0 Å². The molecule has 0 fully saturated rings. The Kier molecular flexibility index (Phi) is 6.72. The molecule has 0 spiro atoms. The van der Waals surface area contributed by atoms with Gasteiger partial charge in [-0.15, -0.1) is 10.2 Å². The summed E-state index contributed by atoms with van der Waals surface area (Å²) < 4.78 is 5.06. The number of hydrogen-bond acceptors (Lipinski definition) is 5. The second-order valence-electron chi connectivity index (χ2n) is 6.04. The molecule has 0 bridgehead atoms. The van der Waals surface area contributed by atoms with Gasteiger partial charge in [0.25, 0.3) is 5.91 Å². The van der Waals surface area contributed by atoms with Gasteiger partial charge in [0.05, 0.1) is 12.8 Å². The monoisotopic (exact) mass is 391 g/mol. The standard InChI is InChI=1S/C21H21N5O3/c1-29-17-9-7-16(8-10-17)20(27)22-13-14-23-21(28)24-19-12-11-18(25-26-19)15-5-3-2-4-6-15/h2-12H,13-14H2,1H3,(H,22,27)(H2,23,24,26,28). The van der Waals surface area contributed by atoms with Gasteiger partial charge in [-0.2, -0.15) is 0 Å². The highest BCUT2D eigenvalue weighted by atomic mass is 16.5. The molecule has 29 heavy (non-hydrogen) atoms. The zero-order valence-electron chi connectivity index (χ0n) is 15.9. The van der Waals surface area contributed by atoms with Crippen LogP contribution in [0, 0.1) is 0 Å². The van der Waals surface area contributed by atoms with Crippen LogP contribution in [0.5, 0.6) is 5.75 Å². The van der Waals surface area contributed by atoms with Gasteiger partial charge in [0, 0.05) is 24.2 Å². The van der Waals surface area contributed by atoms with Crippen molar-refractivity contribution in [1.82, 2.24) is 20.8 Å². The molecule has 0 radical (unpaired) electrons. The first-order valence-electron chi connectivity index (χ1n) is 9.02. The van der Waals surface area contributed by atoms with Crippen molar-refractivity contribution in [2.45, 2.75) is 0 Å². The molecule has 0 atom stereocenters. The van der Waals surface area contributed by atoms with Crippen LogP contribution in [-0.4, -0.2) is 42.3 Å². The Morgan fingerprint density at radius 3 is 2.24 bits per heavy atom. The molecule has 3 amide bonds. The third-order valence-electron chi connectivity index (χ3n) is 4.02. The topological polar surface area (TPSA) is 105 Å². The summed E-state index contributed by atoms with van der Waals surface area (Å²) in [6.45, 7) is 0.556. The average molecular weight is 391 g/mol. The number of urea groups is 1. The summed E-state index contributed by atoms with van der Waals surface area (Å²) in [7, 11) is 1.56. The minimum absolute atomic E-state index is 0.225. The first kappa shape index (κ1) is 19.8. The van der Waals surface area contributed by atoms with E-state index in [4.69, 9.17) is 4.74 Å². The number of nitrogens with one attached hydrogen (secondary N) is 3. The molecular weight excluding hydrogens is 370 g/mol. The van der Waals surface area contributed by atoms with Crippen LogP contribution in [0.25, 0.3) is 11.3 Å². The number of nitrogens with zero attached hydrogens (tertiary/aromatic N) is 2. The number of benzene rings is 2. The smallest absolute Gasteiger partial charge is 0.320 e. The molecule has 3 N–H and O–H groups in total. The number of ether oxygens (including phenoxy) is 1. The van der Waals surface area contributed by atoms with E-state index in [-0.39, 0.29) is 19.0 Å². The third kappa shape index (κ3) is 5.77. The van der Waals surface area contributed by atoms with Gasteiger partial charge in [-0.25, -0.2) is 4.79 Å². The van der Waals surface area contributed by atoms with Gasteiger partial charge in [-0.1, -0.05) is 30.3 Å². The summed E-state index contributed by atoms with van der Waals surface area (Å²) in [5.74, 6) is 0.793. The van der Waals surface area contributed by atoms with Crippen molar-refractivity contribution in [1.29, 1.82) is 0 Å². The summed E-state index contributed by atoms with van der Waals surface area (Å²) in [4.78, 5) is 24.0. The molecule has 8 heteroatoms. The van der Waals surface area contributed by atoms with Crippen molar-refractivity contribution >= 4 is 17.8 Å². The van der Waals surface area contributed by atoms with Gasteiger partial charge in [-0.05, 0) is 36.4 Å². The maximum Gasteiger partial charge on any atom is 0.320 e. The Hall–Kier alpha value is -3.94. The van der Waals surface area contributed by atoms with Crippen molar-refractivity contribution in [3.05, 3.63) is 72.3 Å². The molecule has 148 valence electrons. The van der Waals surface area contributed by atoms with Crippen LogP contribution in [0.2, 0.25) is 0 Å². The molecule has 3 rings (SSSR count). The number of methoxy groups -OCH3 is 1. The predicted octanol–water partition coefficient (Wildman–Crippen LogP) is 2.70. The molecular formula is C21H21N5O3. The van der Waals surface area contributed by atoms with Crippen LogP contribution in [0.3, 0.4) is 0 Å². The Labute approximate surface area is 168 Å². The number of hydrogen-bond donors (Lipinski definition) is 3. The fourth-order valence-corrected chi connectivity index (χ4v) is 2.52. The second-order valence-corrected chi connectivity index (χ2v) is 6.04. The van der Waals surface area contributed by atoms with Crippen molar-refractivity contribution in [2.75, 3.05) is 25.5 Å². The molecule has 0 aliphatic heterocycles. The number of anilines is 1. The molecule has 0 saturated carbocycles. The zero-order chi connectivity index (χ0) is 20.5. The Morgan fingerprint density at radius 1 is 0.862 bits per heavy atom. The van der Waals surface area contributed by atoms with Crippen LogP contribution in [0.4, 0.5) is 10.6 Å². The van der Waals surface area contributed by atoms with Crippen LogP contribution in [0.1, 0.15) is 10.4 Å². The quantitative estimate of drug-likeness (QED) is 0.537. The fourth-order valence-electron chi connectivity index (χ4n) is 2.52. The van der Waals surface area contributed by atoms with E-state index in [1.165, 1.54) is 0 Å². The summed E-state index contributed by atoms with van der Waals surface area (Å²) in [5.41, 5.74) is 2.19. The van der Waals surface area contributed by atoms with Crippen molar-refractivity contribution < 1.29 is 14.3 Å². The van der Waals surface area contributed by atoms with Crippen molar-refractivity contribution in [3.63, 3.8) is 0 Å². The van der Waals surface area contributed by atoms with E-state index in [1.807, 2.05) is 30.3 Å². The molecule has 3 aromatic rings. The van der Waals surface area contributed by atoms with Crippen LogP contribution in [0.15, 0.2) is 66.7 Å². The summed E-state index contributed by atoms with van der Waals surface area (Å²) in [6.07, 6.45) is 0. The molecule has 1 aromatic heterocycles. The number of aromatic nitrogens is 2. The lowest BCUT2D eigenvalue weighted by molar-refractivity contribution is 0.0954. The molecule has 2 aromatic carbocycles. The zero-order valence-corrected chi connectivity index (χ0v) is 15.9. The van der Waals surface area contributed by atoms with Gasteiger partial charge in [-0.3, -0.25) is 10.1 Å². The lowest BCUT2D eigenvalue weighted by Crippen LogP contribution is -2.37. The molecule has 8 nitrogen and oxygen atoms in total. The molecule has 1 heterocycles. The molecule has 0 aliphatic rings. The van der Waals surface area contributed by atoms with E-state index in [1.54, 1.807) is 43.5 Å². The Morgan fingerprint density at radius 2 is 1.59 bits per heavy atom. The lowest BCUT2D eigenvalue weighted by atomic mass is 10.1. The van der Waals surface area contributed by atoms with E-state index >= 15 is 0 Å². The minimum Gasteiger partial charge on any atom is -0.497 e. The Balaban J connectivity index is 1.40. The predicted molar refractivity (Wildman–Crippen MR) is 110 cm³/mol. The van der Waals surface area contributed by atoms with E-state index < -0.39 is 6.03 Å². The molecule has 0 aliphatic carbocycles. The fraction of sp³-hybridized carbons (Fsp3) is 0.143. The van der Waals surface area contributed by atoms with Gasteiger partial charge < -0.3 is 15.4 Å². The highest BCUT2D eigenvalue weighted by Gasteiger charge is 2.07. The largest absolute Gasteiger partial charge is 0.497 e. The van der Waals surface area contributed by atoms with Crippen LogP contribution in [-0.2, 0) is 0 Å². The van der Waals surface area contributed by atoms with Crippen LogP contribution < -0.4 is 20.7 Å². The normalized spacial score (nSPS) is 10.1. The first-order valence-corrected chi connectivity index (χ1v) is 9.02. The van der Waals surface area contributed by atoms with E-state index in [0.29, 0.717) is 17.1 Å². The SMILES string of the molecule is COc1ccc(C(=O)NCCNC(=O)Nc2ccc(-c3ccccc3)nn2)cc1. The van der Waals surface area contributed by atoms with Gasteiger partial charge in [0.2, 0.25) is 0 Å². The highest BCUT2D eigenvalue weighted by Crippen LogP contribution is 2.16. The van der Waals surface area contributed by atoms with E-state index in [0.717, 1.165) is 11.3 Å². The number of rotatable bonds is 7. The summed E-state index contributed by atoms with van der Waals surface area (Å²) >= 11 is 0. The second kappa shape index (κ2) is 9.84. The average Bonchev–Trinajstić information content (AvgIpc) is 2.78. The maximum absolute atomic E-state index is 12.0. The number of carbonyl (C=O) groups excluding carboxylic acids is 2. The van der Waals surface area contributed by atoms with Crippen molar-refractivity contribution in [2.24, 2.45) is 0 Å². The highest BCUT2D eigenvalue weighted by molar-refractivity contribution is 5.94. The lowest BCUT2D eigenvalue weighted by Gasteiger charge is -2.09.